The van der Waals surface area contributed by atoms with E-state index in [1.165, 1.54) is 0 Å². The Bertz CT molecular complexity index is 490. The fraction of sp³-hybridized carbons (Fsp3) is 0.600. The third kappa shape index (κ3) is 5.16. The molecule has 1 saturated heterocycles. The van der Waals surface area contributed by atoms with E-state index in [0.717, 1.165) is 37.7 Å². The van der Waals surface area contributed by atoms with Crippen LogP contribution in [-0.4, -0.2) is 55.6 Å². The van der Waals surface area contributed by atoms with Gasteiger partial charge in [0.2, 0.25) is 0 Å². The number of nitrogens with two attached hydrogens (primary N) is 1. The predicted octanol–water partition coefficient (Wildman–Crippen LogP) is 0.359. The number of anilines is 2. The number of morpholine rings is 1. The van der Waals surface area contributed by atoms with Crippen molar-refractivity contribution in [3.05, 3.63) is 17.8 Å². The number of aliphatic hydroxyl groups is 1. The molecule has 122 valence electrons. The summed E-state index contributed by atoms with van der Waals surface area (Å²) >= 11 is 0. The zero-order chi connectivity index (χ0) is 15.8. The van der Waals surface area contributed by atoms with Gasteiger partial charge in [0.1, 0.15) is 5.82 Å². The smallest absolute Gasteiger partial charge is 0.308 e. The topological polar surface area (TPSA) is 97.9 Å². The molecule has 0 radical (unpaired) electrons. The molecule has 7 heteroatoms. The van der Waals surface area contributed by atoms with Crippen LogP contribution in [0, 0.1) is 0 Å². The van der Waals surface area contributed by atoms with Crippen molar-refractivity contribution in [2.45, 2.75) is 19.3 Å². The maximum Gasteiger partial charge on any atom is 0.308 e. The summed E-state index contributed by atoms with van der Waals surface area (Å²) in [7, 11) is 0. The third-order valence-corrected chi connectivity index (χ3v) is 3.42. The molecule has 1 aromatic heterocycles. The van der Waals surface area contributed by atoms with E-state index in [1.54, 1.807) is 0 Å². The first-order valence-electron chi connectivity index (χ1n) is 7.54. The number of esters is 1. The van der Waals surface area contributed by atoms with E-state index in [9.17, 15) is 4.79 Å². The van der Waals surface area contributed by atoms with Crippen molar-refractivity contribution < 1.29 is 19.4 Å². The molecule has 0 saturated carbocycles. The first kappa shape index (κ1) is 16.5. The summed E-state index contributed by atoms with van der Waals surface area (Å²) in [5.41, 5.74) is 7.82. The molecular weight excluding hydrogens is 286 g/mol. The van der Waals surface area contributed by atoms with E-state index in [2.05, 4.69) is 9.88 Å². The summed E-state index contributed by atoms with van der Waals surface area (Å²) in [5, 5.41) is 8.62. The monoisotopic (exact) mass is 309 g/mol. The fourth-order valence-electron chi connectivity index (χ4n) is 2.33. The Labute approximate surface area is 130 Å². The summed E-state index contributed by atoms with van der Waals surface area (Å²) in [5.74, 6) is 0.119. The molecule has 1 aliphatic rings. The summed E-state index contributed by atoms with van der Waals surface area (Å²) in [6.45, 7) is 3.28. The number of ether oxygens (including phenoxy) is 2. The maximum absolute atomic E-state index is 11.1. The molecule has 0 aromatic carbocycles. The SMILES string of the molecule is Nc1cc(N2CCOCC2)cc(CCCOC(=O)CCO)n1. The van der Waals surface area contributed by atoms with Crippen LogP contribution in [0.5, 0.6) is 0 Å². The van der Waals surface area contributed by atoms with E-state index in [0.29, 0.717) is 25.3 Å². The molecule has 3 N–H and O–H groups in total. The zero-order valence-electron chi connectivity index (χ0n) is 12.7. The Morgan fingerprint density at radius 2 is 2.18 bits per heavy atom. The molecule has 0 atom stereocenters. The van der Waals surface area contributed by atoms with Crippen molar-refractivity contribution in [1.29, 1.82) is 0 Å². The van der Waals surface area contributed by atoms with Crippen molar-refractivity contribution in [2.24, 2.45) is 0 Å². The third-order valence-electron chi connectivity index (χ3n) is 3.42. The molecular formula is C15H23N3O4. The number of aromatic nitrogens is 1. The van der Waals surface area contributed by atoms with Gasteiger partial charge in [0.25, 0.3) is 0 Å². The molecule has 2 rings (SSSR count). The molecule has 1 aromatic rings. The van der Waals surface area contributed by atoms with Gasteiger partial charge in [0.15, 0.2) is 0 Å². The number of rotatable bonds is 7. The molecule has 0 aliphatic carbocycles. The van der Waals surface area contributed by atoms with Crippen molar-refractivity contribution in [2.75, 3.05) is 50.2 Å². The quantitative estimate of drug-likeness (QED) is 0.554. The number of nitrogen functional groups attached to an aromatic ring is 1. The van der Waals surface area contributed by atoms with E-state index in [4.69, 9.17) is 20.3 Å². The van der Waals surface area contributed by atoms with Crippen molar-refractivity contribution in [1.82, 2.24) is 4.98 Å². The summed E-state index contributed by atoms with van der Waals surface area (Å²) in [6.07, 6.45) is 1.41. The van der Waals surface area contributed by atoms with Gasteiger partial charge in [0, 0.05) is 30.5 Å². The minimum absolute atomic E-state index is 0.0394. The highest BCUT2D eigenvalue weighted by Gasteiger charge is 2.13. The Hall–Kier alpha value is -1.86. The molecule has 22 heavy (non-hydrogen) atoms. The van der Waals surface area contributed by atoms with Crippen LogP contribution in [0.15, 0.2) is 12.1 Å². The first-order valence-corrected chi connectivity index (χ1v) is 7.54. The van der Waals surface area contributed by atoms with Gasteiger partial charge in [0.05, 0.1) is 32.8 Å². The van der Waals surface area contributed by atoms with Gasteiger partial charge in [-0.3, -0.25) is 4.79 Å². The maximum atomic E-state index is 11.1. The molecule has 7 nitrogen and oxygen atoms in total. The lowest BCUT2D eigenvalue weighted by molar-refractivity contribution is -0.144. The number of hydrogen-bond acceptors (Lipinski definition) is 7. The number of aryl methyl sites for hydroxylation is 1. The van der Waals surface area contributed by atoms with Gasteiger partial charge in [-0.2, -0.15) is 0 Å². The zero-order valence-corrected chi connectivity index (χ0v) is 12.7. The Kier molecular flexibility index (Phi) is 6.42. The Balaban J connectivity index is 1.85. The van der Waals surface area contributed by atoms with Gasteiger partial charge in [-0.15, -0.1) is 0 Å². The number of aliphatic hydroxyl groups excluding tert-OH is 1. The van der Waals surface area contributed by atoms with Crippen LogP contribution < -0.4 is 10.6 Å². The summed E-state index contributed by atoms with van der Waals surface area (Å²) in [6, 6.07) is 3.90. The highest BCUT2D eigenvalue weighted by molar-refractivity contribution is 5.69. The van der Waals surface area contributed by atoms with Gasteiger partial charge in [-0.05, 0) is 18.9 Å². The van der Waals surface area contributed by atoms with Crippen molar-refractivity contribution >= 4 is 17.5 Å². The average Bonchev–Trinajstić information content (AvgIpc) is 2.52. The summed E-state index contributed by atoms with van der Waals surface area (Å²) in [4.78, 5) is 17.7. The van der Waals surface area contributed by atoms with Gasteiger partial charge >= 0.3 is 5.97 Å². The minimum Gasteiger partial charge on any atom is -0.466 e. The first-order chi connectivity index (χ1) is 10.7. The second-order valence-electron chi connectivity index (χ2n) is 5.14. The second-order valence-corrected chi connectivity index (χ2v) is 5.14. The normalized spacial score (nSPS) is 14.9. The highest BCUT2D eigenvalue weighted by Crippen LogP contribution is 2.20. The molecule has 1 aliphatic heterocycles. The van der Waals surface area contributed by atoms with E-state index in [-0.39, 0.29) is 19.0 Å². The molecule has 0 unspecified atom stereocenters. The van der Waals surface area contributed by atoms with Gasteiger partial charge < -0.3 is 25.2 Å². The largest absolute Gasteiger partial charge is 0.466 e. The standard InChI is InChI=1S/C15H23N3O4/c16-14-11-13(18-4-8-21-9-5-18)10-12(17-14)2-1-7-22-15(20)3-6-19/h10-11,19H,1-9H2,(H2,16,17). The Morgan fingerprint density at radius 3 is 2.91 bits per heavy atom. The van der Waals surface area contributed by atoms with Crippen LogP contribution >= 0.6 is 0 Å². The lowest BCUT2D eigenvalue weighted by atomic mass is 10.2. The van der Waals surface area contributed by atoms with Crippen LogP contribution in [0.3, 0.4) is 0 Å². The van der Waals surface area contributed by atoms with Crippen LogP contribution in [0.4, 0.5) is 11.5 Å². The minimum atomic E-state index is -0.378. The molecule has 1 fully saturated rings. The number of carbonyl (C=O) groups is 1. The van der Waals surface area contributed by atoms with Crippen molar-refractivity contribution in [3.63, 3.8) is 0 Å². The second kappa shape index (κ2) is 8.55. The molecule has 0 bridgehead atoms. The average molecular weight is 309 g/mol. The predicted molar refractivity (Wildman–Crippen MR) is 82.7 cm³/mol. The number of pyridine rings is 1. The number of carbonyl (C=O) groups excluding carboxylic acids is 1. The molecule has 2 heterocycles. The van der Waals surface area contributed by atoms with Crippen molar-refractivity contribution in [3.8, 4) is 0 Å². The summed E-state index contributed by atoms with van der Waals surface area (Å²) < 4.78 is 10.3. The number of nitrogens with zero attached hydrogens (tertiary/aromatic N) is 2. The lowest BCUT2D eigenvalue weighted by Crippen LogP contribution is -2.36. The fourth-order valence-corrected chi connectivity index (χ4v) is 2.33. The lowest BCUT2D eigenvalue weighted by Gasteiger charge is -2.29. The number of hydrogen-bond donors (Lipinski definition) is 2. The van der Waals surface area contributed by atoms with Crippen LogP contribution in [0.1, 0.15) is 18.5 Å². The van der Waals surface area contributed by atoms with Gasteiger partial charge in [-0.1, -0.05) is 0 Å². The molecule has 0 amide bonds. The van der Waals surface area contributed by atoms with Crippen LogP contribution in [-0.2, 0) is 20.7 Å². The van der Waals surface area contributed by atoms with Gasteiger partial charge in [-0.25, -0.2) is 4.98 Å². The highest BCUT2D eigenvalue weighted by atomic mass is 16.5. The Morgan fingerprint density at radius 1 is 1.41 bits per heavy atom. The van der Waals surface area contributed by atoms with Crippen LogP contribution in [0.2, 0.25) is 0 Å². The van der Waals surface area contributed by atoms with E-state index < -0.39 is 0 Å². The van der Waals surface area contributed by atoms with E-state index >= 15 is 0 Å². The molecule has 0 spiro atoms. The van der Waals surface area contributed by atoms with E-state index in [1.807, 2.05) is 12.1 Å². The van der Waals surface area contributed by atoms with Crippen LogP contribution in [0.25, 0.3) is 0 Å².